The predicted molar refractivity (Wildman–Crippen MR) is 147 cm³/mol. The Morgan fingerprint density at radius 1 is 1.00 bits per heavy atom. The quantitative estimate of drug-likeness (QED) is 0.203. The molecule has 0 fully saturated rings. The van der Waals surface area contributed by atoms with Gasteiger partial charge in [-0.2, -0.15) is 13.2 Å². The molecule has 0 spiro atoms. The number of carbonyl (C=O) groups excluding carboxylic acids is 1. The number of hydrogen-bond acceptors (Lipinski definition) is 7. The molecule has 41 heavy (non-hydrogen) atoms. The molecule has 5 aromatic rings. The zero-order valence-corrected chi connectivity index (χ0v) is 21.9. The second-order valence-electron chi connectivity index (χ2n) is 8.71. The van der Waals surface area contributed by atoms with E-state index in [1.807, 2.05) is 0 Å². The zero-order chi connectivity index (χ0) is 29.1. The van der Waals surface area contributed by atoms with Crippen molar-refractivity contribution in [2.24, 2.45) is 0 Å². The van der Waals surface area contributed by atoms with Crippen molar-refractivity contribution in [2.75, 3.05) is 16.4 Å². The highest BCUT2D eigenvalue weighted by Crippen LogP contribution is 2.34. The predicted octanol–water partition coefficient (Wildman–Crippen LogP) is 6.72. The number of ether oxygens (including phenoxy) is 1. The Morgan fingerprint density at radius 3 is 2.44 bits per heavy atom. The van der Waals surface area contributed by atoms with Crippen molar-refractivity contribution in [3.63, 3.8) is 0 Å². The number of aromatic nitrogens is 5. The van der Waals surface area contributed by atoms with Crippen LogP contribution in [0.1, 0.15) is 11.3 Å². The highest BCUT2D eigenvalue weighted by atomic mass is 35.5. The summed E-state index contributed by atoms with van der Waals surface area (Å²) in [6.45, 7) is 1.68. The van der Waals surface area contributed by atoms with Gasteiger partial charge in [-0.15, -0.1) is 5.10 Å². The molecule has 3 heterocycles. The van der Waals surface area contributed by atoms with E-state index >= 15 is 0 Å². The third-order valence-corrected chi connectivity index (χ3v) is 5.90. The highest BCUT2D eigenvalue weighted by Gasteiger charge is 2.31. The van der Waals surface area contributed by atoms with Crippen LogP contribution in [0.3, 0.4) is 0 Å². The topological polar surface area (TPSA) is 133 Å². The average molecular weight is 581 g/mol. The summed E-state index contributed by atoms with van der Waals surface area (Å²) in [5.41, 5.74) is 7.40. The molecular weight excluding hydrogens is 561 g/mol. The molecule has 208 valence electrons. The van der Waals surface area contributed by atoms with Gasteiger partial charge in [-0.3, -0.25) is 0 Å². The standard InChI is InChI=1S/C27H20ClF3N8O2/c1-15-14-39(38-37-15)23-8-4-17(27(29,30)31)10-22(23)36-26(40)35-19-5-9-24(33-13-19)41-20-6-2-16(3-7-20)21-11-18(28)12-34-25(21)32/h2-14H,1H3,(H2,32,34)(H2,35,36,40). The summed E-state index contributed by atoms with van der Waals surface area (Å²) in [6.07, 6.45) is -0.279. The molecular formula is C27H20ClF3N8O2. The van der Waals surface area contributed by atoms with E-state index in [1.54, 1.807) is 37.3 Å². The number of nitrogens with two attached hydrogens (primary N) is 1. The number of benzene rings is 2. The Morgan fingerprint density at radius 2 is 1.78 bits per heavy atom. The van der Waals surface area contributed by atoms with Gasteiger partial charge in [0.1, 0.15) is 11.6 Å². The van der Waals surface area contributed by atoms with Gasteiger partial charge in [0.15, 0.2) is 0 Å². The maximum atomic E-state index is 13.3. The minimum Gasteiger partial charge on any atom is -0.439 e. The van der Waals surface area contributed by atoms with Gasteiger partial charge in [0.25, 0.3) is 0 Å². The molecule has 0 aliphatic heterocycles. The van der Waals surface area contributed by atoms with Crippen LogP contribution < -0.4 is 21.1 Å². The Kier molecular flexibility index (Phi) is 7.44. The minimum absolute atomic E-state index is 0.117. The number of alkyl halides is 3. The van der Waals surface area contributed by atoms with Gasteiger partial charge in [0.05, 0.1) is 45.7 Å². The van der Waals surface area contributed by atoms with Crippen LogP contribution in [-0.4, -0.2) is 31.0 Å². The molecule has 10 nitrogen and oxygen atoms in total. The molecule has 2 amide bonds. The van der Waals surface area contributed by atoms with Crippen LogP contribution in [-0.2, 0) is 6.18 Å². The lowest BCUT2D eigenvalue weighted by Crippen LogP contribution is -2.21. The zero-order valence-electron chi connectivity index (χ0n) is 21.1. The third-order valence-electron chi connectivity index (χ3n) is 5.69. The van der Waals surface area contributed by atoms with E-state index in [9.17, 15) is 18.0 Å². The van der Waals surface area contributed by atoms with Crippen molar-refractivity contribution in [3.05, 3.63) is 95.5 Å². The van der Waals surface area contributed by atoms with Crippen LogP contribution in [0.25, 0.3) is 16.8 Å². The van der Waals surface area contributed by atoms with Gasteiger partial charge in [0.2, 0.25) is 5.88 Å². The third kappa shape index (κ3) is 6.53. The van der Waals surface area contributed by atoms with Crippen LogP contribution in [0.5, 0.6) is 11.6 Å². The van der Waals surface area contributed by atoms with Gasteiger partial charge in [0, 0.05) is 17.8 Å². The number of halogens is 4. The largest absolute Gasteiger partial charge is 0.439 e. The van der Waals surface area contributed by atoms with Crippen LogP contribution in [0.15, 0.2) is 79.3 Å². The first-order valence-corrected chi connectivity index (χ1v) is 12.3. The molecule has 5 rings (SSSR count). The van der Waals surface area contributed by atoms with Gasteiger partial charge < -0.3 is 21.1 Å². The number of urea groups is 1. The lowest BCUT2D eigenvalue weighted by molar-refractivity contribution is -0.137. The summed E-state index contributed by atoms with van der Waals surface area (Å²) in [7, 11) is 0. The number of nitrogen functional groups attached to an aromatic ring is 1. The number of nitrogens with zero attached hydrogens (tertiary/aromatic N) is 5. The molecule has 0 saturated carbocycles. The molecule has 0 atom stereocenters. The monoisotopic (exact) mass is 580 g/mol. The Hall–Kier alpha value is -5.17. The summed E-state index contributed by atoms with van der Waals surface area (Å²) in [6, 6.07) is 13.9. The number of amides is 2. The molecule has 14 heteroatoms. The SMILES string of the molecule is Cc1cn(-c2ccc(C(F)(F)F)cc2NC(=O)Nc2ccc(Oc3ccc(-c4cc(Cl)cnc4N)cc3)nc2)nn1. The number of nitrogens with one attached hydrogen (secondary N) is 2. The van der Waals surface area contributed by atoms with Crippen molar-refractivity contribution in [3.8, 4) is 28.4 Å². The maximum Gasteiger partial charge on any atom is 0.416 e. The Labute approximate surface area is 236 Å². The van der Waals surface area contributed by atoms with Crippen molar-refractivity contribution in [1.29, 1.82) is 0 Å². The molecule has 0 bridgehead atoms. The normalized spacial score (nSPS) is 11.2. The van der Waals surface area contributed by atoms with Crippen molar-refractivity contribution >= 4 is 34.8 Å². The van der Waals surface area contributed by atoms with Gasteiger partial charge in [-0.25, -0.2) is 19.4 Å². The van der Waals surface area contributed by atoms with E-state index in [2.05, 4.69) is 30.9 Å². The number of pyridine rings is 2. The number of hydrogen-bond donors (Lipinski definition) is 3. The summed E-state index contributed by atoms with van der Waals surface area (Å²) in [4.78, 5) is 20.9. The van der Waals surface area contributed by atoms with E-state index in [-0.39, 0.29) is 22.9 Å². The first-order valence-electron chi connectivity index (χ1n) is 11.9. The van der Waals surface area contributed by atoms with Crippen LogP contribution in [0, 0.1) is 6.92 Å². The summed E-state index contributed by atoms with van der Waals surface area (Å²) in [5, 5.41) is 13.2. The van der Waals surface area contributed by atoms with E-state index in [1.165, 1.54) is 41.5 Å². The second kappa shape index (κ2) is 11.1. The lowest BCUT2D eigenvalue weighted by atomic mass is 10.1. The number of rotatable bonds is 6. The molecule has 3 aromatic heterocycles. The molecule has 0 saturated heterocycles. The number of aryl methyl sites for hydroxylation is 1. The van der Waals surface area contributed by atoms with E-state index in [0.717, 1.165) is 17.7 Å². The van der Waals surface area contributed by atoms with Crippen molar-refractivity contribution in [2.45, 2.75) is 13.1 Å². The van der Waals surface area contributed by atoms with E-state index in [4.69, 9.17) is 22.1 Å². The molecule has 0 unspecified atom stereocenters. The smallest absolute Gasteiger partial charge is 0.416 e. The maximum absolute atomic E-state index is 13.3. The molecule has 2 aromatic carbocycles. The Balaban J connectivity index is 1.26. The summed E-state index contributed by atoms with van der Waals surface area (Å²) < 4.78 is 47.0. The number of anilines is 3. The van der Waals surface area contributed by atoms with Crippen molar-refractivity contribution in [1.82, 2.24) is 25.0 Å². The molecule has 4 N–H and O–H groups in total. The first kappa shape index (κ1) is 27.4. The average Bonchev–Trinajstić information content (AvgIpc) is 3.37. The highest BCUT2D eigenvalue weighted by molar-refractivity contribution is 6.30. The van der Waals surface area contributed by atoms with Crippen LogP contribution >= 0.6 is 11.6 Å². The molecule has 0 aliphatic carbocycles. The fourth-order valence-electron chi connectivity index (χ4n) is 3.78. The van der Waals surface area contributed by atoms with Gasteiger partial charge >= 0.3 is 12.2 Å². The minimum atomic E-state index is -4.61. The van der Waals surface area contributed by atoms with Gasteiger partial charge in [-0.1, -0.05) is 28.9 Å². The summed E-state index contributed by atoms with van der Waals surface area (Å²) >= 11 is 6.02. The first-order chi connectivity index (χ1) is 19.5. The second-order valence-corrected chi connectivity index (χ2v) is 9.15. The molecule has 0 radical (unpaired) electrons. The van der Waals surface area contributed by atoms with Gasteiger partial charge in [-0.05, 0) is 55.0 Å². The van der Waals surface area contributed by atoms with Crippen LogP contribution in [0.2, 0.25) is 5.02 Å². The summed E-state index contributed by atoms with van der Waals surface area (Å²) in [5.74, 6) is 1.08. The lowest BCUT2D eigenvalue weighted by Gasteiger charge is -2.15. The van der Waals surface area contributed by atoms with E-state index < -0.39 is 17.8 Å². The molecule has 0 aliphatic rings. The fraction of sp³-hybridized carbons (Fsp3) is 0.0741. The Bertz CT molecular complexity index is 1710. The number of carbonyl (C=O) groups is 1. The van der Waals surface area contributed by atoms with Crippen molar-refractivity contribution < 1.29 is 22.7 Å². The van der Waals surface area contributed by atoms with E-state index in [0.29, 0.717) is 27.8 Å². The fourth-order valence-corrected chi connectivity index (χ4v) is 3.94. The van der Waals surface area contributed by atoms with Crippen LogP contribution in [0.4, 0.5) is 35.2 Å².